The number of benzene rings is 1. The highest BCUT2D eigenvalue weighted by Gasteiger charge is 2.16. The Morgan fingerprint density at radius 2 is 1.84 bits per heavy atom. The number of carbonyl (C=O) groups excluding carboxylic acids is 1. The molecule has 3 N–H and O–H groups in total. The normalized spacial score (nSPS) is 12.7. The Balaban J connectivity index is 2.55. The quantitative estimate of drug-likeness (QED) is 0.765. The van der Waals surface area contributed by atoms with Crippen LogP contribution in [0.4, 0.5) is 5.69 Å². The van der Waals surface area contributed by atoms with Gasteiger partial charge in [0.2, 0.25) is 5.91 Å². The Morgan fingerprint density at radius 1 is 1.26 bits per heavy atom. The summed E-state index contributed by atoms with van der Waals surface area (Å²) in [6.45, 7) is 5.10. The number of hydrogen-bond donors (Lipinski definition) is 2. The van der Waals surface area contributed by atoms with Gasteiger partial charge in [-0.3, -0.25) is 4.79 Å². The Kier molecular flexibility index (Phi) is 5.83. The molecular weight excluding hydrogens is 238 g/mol. The zero-order valence-corrected chi connectivity index (χ0v) is 12.3. The second-order valence-corrected chi connectivity index (χ2v) is 5.60. The SMILES string of the molecule is CC(C)C(CN(C)C)NC(=O)Cc1ccc(N)cc1. The molecule has 0 aliphatic heterocycles. The fraction of sp³-hybridized carbons (Fsp3) is 0.533. The number of nitrogens with zero attached hydrogens (tertiary/aromatic N) is 1. The Labute approximate surface area is 116 Å². The summed E-state index contributed by atoms with van der Waals surface area (Å²) in [6.07, 6.45) is 0.400. The van der Waals surface area contributed by atoms with Gasteiger partial charge >= 0.3 is 0 Å². The summed E-state index contributed by atoms with van der Waals surface area (Å²) in [4.78, 5) is 14.1. The highest BCUT2D eigenvalue weighted by molar-refractivity contribution is 5.79. The smallest absolute Gasteiger partial charge is 0.224 e. The van der Waals surface area contributed by atoms with Crippen molar-refractivity contribution in [3.63, 3.8) is 0 Å². The lowest BCUT2D eigenvalue weighted by atomic mass is 10.0. The van der Waals surface area contributed by atoms with Gasteiger partial charge in [0.05, 0.1) is 6.42 Å². The van der Waals surface area contributed by atoms with E-state index in [2.05, 4.69) is 24.1 Å². The zero-order valence-electron chi connectivity index (χ0n) is 12.3. The summed E-state index contributed by atoms with van der Waals surface area (Å²) in [5.74, 6) is 0.475. The Bertz CT molecular complexity index is 398. The zero-order chi connectivity index (χ0) is 14.4. The molecule has 4 nitrogen and oxygen atoms in total. The molecule has 0 saturated carbocycles. The molecule has 1 aromatic rings. The molecule has 0 aliphatic rings. The van der Waals surface area contributed by atoms with E-state index in [1.54, 1.807) is 0 Å². The number of nitrogens with one attached hydrogen (secondary N) is 1. The lowest BCUT2D eigenvalue weighted by Crippen LogP contribution is -2.45. The van der Waals surface area contributed by atoms with E-state index in [0.29, 0.717) is 12.3 Å². The van der Waals surface area contributed by atoms with Gasteiger partial charge in [-0.25, -0.2) is 0 Å². The van der Waals surface area contributed by atoms with Crippen LogP contribution in [0.5, 0.6) is 0 Å². The van der Waals surface area contributed by atoms with Gasteiger partial charge in [-0.1, -0.05) is 26.0 Å². The molecule has 0 aromatic heterocycles. The molecule has 0 saturated heterocycles. The molecule has 19 heavy (non-hydrogen) atoms. The summed E-state index contributed by atoms with van der Waals surface area (Å²) in [6, 6.07) is 7.61. The minimum absolute atomic E-state index is 0.0605. The molecular formula is C15H25N3O. The molecule has 0 aliphatic carbocycles. The largest absolute Gasteiger partial charge is 0.399 e. The fourth-order valence-electron chi connectivity index (χ4n) is 1.90. The van der Waals surface area contributed by atoms with Crippen LogP contribution >= 0.6 is 0 Å². The number of carbonyl (C=O) groups is 1. The second-order valence-electron chi connectivity index (χ2n) is 5.60. The van der Waals surface area contributed by atoms with E-state index in [1.165, 1.54) is 0 Å². The molecule has 1 aromatic carbocycles. The molecule has 4 heteroatoms. The predicted molar refractivity (Wildman–Crippen MR) is 79.9 cm³/mol. The summed E-state index contributed by atoms with van der Waals surface area (Å²) in [7, 11) is 4.03. The number of rotatable bonds is 6. The van der Waals surface area contributed by atoms with Gasteiger partial charge in [0.1, 0.15) is 0 Å². The first kappa shape index (κ1) is 15.5. The van der Waals surface area contributed by atoms with E-state index in [-0.39, 0.29) is 11.9 Å². The van der Waals surface area contributed by atoms with Crippen molar-refractivity contribution < 1.29 is 4.79 Å². The molecule has 0 bridgehead atoms. The van der Waals surface area contributed by atoms with Gasteiger partial charge in [-0.05, 0) is 37.7 Å². The summed E-state index contributed by atoms with van der Waals surface area (Å²) < 4.78 is 0. The average Bonchev–Trinajstić information content (AvgIpc) is 2.30. The van der Waals surface area contributed by atoms with Gasteiger partial charge < -0.3 is 16.0 Å². The van der Waals surface area contributed by atoms with Crippen LogP contribution < -0.4 is 11.1 Å². The van der Waals surface area contributed by atoms with Gasteiger partial charge in [0, 0.05) is 18.3 Å². The van der Waals surface area contributed by atoms with E-state index >= 15 is 0 Å². The maximum Gasteiger partial charge on any atom is 0.224 e. The highest BCUT2D eigenvalue weighted by Crippen LogP contribution is 2.07. The van der Waals surface area contributed by atoms with Crippen molar-refractivity contribution in [2.45, 2.75) is 26.3 Å². The number of amides is 1. The lowest BCUT2D eigenvalue weighted by Gasteiger charge is -2.25. The molecule has 106 valence electrons. The van der Waals surface area contributed by atoms with Crippen LogP contribution in [0, 0.1) is 5.92 Å². The molecule has 1 atom stereocenters. The number of nitrogens with two attached hydrogens (primary N) is 1. The van der Waals surface area contributed by atoms with Crippen molar-refractivity contribution in [2.24, 2.45) is 5.92 Å². The first-order chi connectivity index (χ1) is 8.88. The van der Waals surface area contributed by atoms with Crippen LogP contribution in [-0.2, 0) is 11.2 Å². The molecule has 0 spiro atoms. The van der Waals surface area contributed by atoms with Gasteiger partial charge in [0.15, 0.2) is 0 Å². The van der Waals surface area contributed by atoms with Crippen molar-refractivity contribution in [3.05, 3.63) is 29.8 Å². The van der Waals surface area contributed by atoms with E-state index < -0.39 is 0 Å². The standard InChI is InChI=1S/C15H25N3O/c1-11(2)14(10-18(3)4)17-15(19)9-12-5-7-13(16)8-6-12/h5-8,11,14H,9-10,16H2,1-4H3,(H,17,19). The number of nitrogen functional groups attached to an aromatic ring is 1. The van der Waals surface area contributed by atoms with Crippen LogP contribution in [0.1, 0.15) is 19.4 Å². The van der Waals surface area contributed by atoms with Crippen LogP contribution in [0.3, 0.4) is 0 Å². The van der Waals surface area contributed by atoms with E-state index in [0.717, 1.165) is 17.8 Å². The number of hydrogen-bond acceptors (Lipinski definition) is 3. The van der Waals surface area contributed by atoms with Crippen molar-refractivity contribution >= 4 is 11.6 Å². The van der Waals surface area contributed by atoms with Crippen molar-refractivity contribution in [3.8, 4) is 0 Å². The minimum Gasteiger partial charge on any atom is -0.399 e. The second kappa shape index (κ2) is 7.14. The first-order valence-corrected chi connectivity index (χ1v) is 6.67. The molecule has 1 amide bonds. The topological polar surface area (TPSA) is 58.4 Å². The molecule has 0 heterocycles. The van der Waals surface area contributed by atoms with Gasteiger partial charge in [-0.2, -0.15) is 0 Å². The Morgan fingerprint density at radius 3 is 2.32 bits per heavy atom. The average molecular weight is 263 g/mol. The van der Waals surface area contributed by atoms with Crippen LogP contribution in [0.15, 0.2) is 24.3 Å². The molecule has 0 fully saturated rings. The van der Waals surface area contributed by atoms with Gasteiger partial charge in [0.25, 0.3) is 0 Å². The predicted octanol–water partition coefficient (Wildman–Crippen LogP) is 1.51. The molecule has 0 radical (unpaired) electrons. The third-order valence-corrected chi connectivity index (χ3v) is 3.06. The molecule has 1 rings (SSSR count). The maximum absolute atomic E-state index is 12.0. The summed E-state index contributed by atoms with van der Waals surface area (Å²) >= 11 is 0. The number of likely N-dealkylation sites (N-methyl/N-ethyl adjacent to an activating group) is 1. The lowest BCUT2D eigenvalue weighted by molar-refractivity contribution is -0.121. The summed E-state index contributed by atoms with van der Waals surface area (Å²) in [5.41, 5.74) is 7.33. The third kappa shape index (κ3) is 5.75. The monoisotopic (exact) mass is 263 g/mol. The van der Waals surface area contributed by atoms with E-state index in [4.69, 9.17) is 5.73 Å². The third-order valence-electron chi connectivity index (χ3n) is 3.06. The van der Waals surface area contributed by atoms with E-state index in [9.17, 15) is 4.79 Å². The van der Waals surface area contributed by atoms with Crippen LogP contribution in [-0.4, -0.2) is 37.5 Å². The highest BCUT2D eigenvalue weighted by atomic mass is 16.1. The Hall–Kier alpha value is -1.55. The maximum atomic E-state index is 12.0. The van der Waals surface area contributed by atoms with Crippen LogP contribution in [0.25, 0.3) is 0 Å². The summed E-state index contributed by atoms with van der Waals surface area (Å²) in [5, 5.41) is 3.10. The fourth-order valence-corrected chi connectivity index (χ4v) is 1.90. The van der Waals surface area contributed by atoms with Crippen LogP contribution in [0.2, 0.25) is 0 Å². The van der Waals surface area contributed by atoms with Crippen molar-refractivity contribution in [1.82, 2.24) is 10.2 Å². The molecule has 1 unspecified atom stereocenters. The first-order valence-electron chi connectivity index (χ1n) is 6.67. The van der Waals surface area contributed by atoms with Crippen molar-refractivity contribution in [1.29, 1.82) is 0 Å². The number of anilines is 1. The minimum atomic E-state index is 0.0605. The van der Waals surface area contributed by atoms with Gasteiger partial charge in [-0.15, -0.1) is 0 Å². The van der Waals surface area contributed by atoms with Crippen molar-refractivity contribution in [2.75, 3.05) is 26.4 Å². The van der Waals surface area contributed by atoms with E-state index in [1.807, 2.05) is 38.4 Å².